The van der Waals surface area contributed by atoms with Gasteiger partial charge >= 0.3 is 0 Å². The van der Waals surface area contributed by atoms with Crippen LogP contribution in [-0.2, 0) is 6.42 Å². The molecule has 2 N–H and O–H groups in total. The maximum Gasteiger partial charge on any atom is 0.125 e. The third kappa shape index (κ3) is 2.25. The van der Waals surface area contributed by atoms with Crippen LogP contribution in [0.25, 0.3) is 5.69 Å². The molecule has 0 aliphatic carbocycles. The lowest BCUT2D eigenvalue weighted by Gasteiger charge is -2.01. The van der Waals surface area contributed by atoms with Crippen molar-refractivity contribution in [2.45, 2.75) is 6.42 Å². The lowest BCUT2D eigenvalue weighted by atomic mass is 10.2. The summed E-state index contributed by atoms with van der Waals surface area (Å²) in [7, 11) is 0. The standard InChI is InChI=1S/C12H13FN2/c13-11-2-1-3-12(8-11)15-7-5-10(9-15)4-6-14/h1-3,5,7-9H,4,6,14H2. The van der Waals surface area contributed by atoms with Gasteiger partial charge in [-0.3, -0.25) is 0 Å². The van der Waals surface area contributed by atoms with E-state index in [1.807, 2.05) is 29.1 Å². The number of nitrogens with zero attached hydrogens (tertiary/aromatic N) is 1. The molecule has 15 heavy (non-hydrogen) atoms. The fourth-order valence-electron chi connectivity index (χ4n) is 1.55. The highest BCUT2D eigenvalue weighted by Gasteiger charge is 1.99. The first-order chi connectivity index (χ1) is 7.29. The zero-order valence-corrected chi connectivity index (χ0v) is 8.36. The first-order valence-corrected chi connectivity index (χ1v) is 4.92. The van der Waals surface area contributed by atoms with Crippen molar-refractivity contribution in [1.29, 1.82) is 0 Å². The van der Waals surface area contributed by atoms with Gasteiger partial charge in [-0.1, -0.05) is 6.07 Å². The Bertz CT molecular complexity index is 448. The van der Waals surface area contributed by atoms with Crippen LogP contribution >= 0.6 is 0 Å². The van der Waals surface area contributed by atoms with Crippen molar-refractivity contribution in [1.82, 2.24) is 4.57 Å². The molecule has 3 heteroatoms. The normalized spacial score (nSPS) is 10.5. The van der Waals surface area contributed by atoms with Gasteiger partial charge in [0.05, 0.1) is 0 Å². The minimum Gasteiger partial charge on any atom is -0.330 e. The van der Waals surface area contributed by atoms with Gasteiger partial charge in [-0.25, -0.2) is 4.39 Å². The molecule has 0 amide bonds. The average Bonchev–Trinajstić information content (AvgIpc) is 2.67. The number of benzene rings is 1. The monoisotopic (exact) mass is 204 g/mol. The predicted molar refractivity (Wildman–Crippen MR) is 58.5 cm³/mol. The van der Waals surface area contributed by atoms with E-state index in [1.165, 1.54) is 17.7 Å². The van der Waals surface area contributed by atoms with E-state index in [1.54, 1.807) is 6.07 Å². The topological polar surface area (TPSA) is 30.9 Å². The van der Waals surface area contributed by atoms with Crippen molar-refractivity contribution >= 4 is 0 Å². The summed E-state index contributed by atoms with van der Waals surface area (Å²) in [5.74, 6) is -0.221. The van der Waals surface area contributed by atoms with Crippen molar-refractivity contribution < 1.29 is 4.39 Å². The lowest BCUT2D eigenvalue weighted by molar-refractivity contribution is 0.626. The van der Waals surface area contributed by atoms with E-state index in [0.29, 0.717) is 6.54 Å². The Labute approximate surface area is 88.1 Å². The summed E-state index contributed by atoms with van der Waals surface area (Å²) >= 11 is 0. The van der Waals surface area contributed by atoms with Crippen LogP contribution in [0.3, 0.4) is 0 Å². The van der Waals surface area contributed by atoms with Crippen LogP contribution in [0.4, 0.5) is 4.39 Å². The van der Waals surface area contributed by atoms with Crippen LogP contribution in [-0.4, -0.2) is 11.1 Å². The average molecular weight is 204 g/mol. The second-order valence-electron chi connectivity index (χ2n) is 3.45. The van der Waals surface area contributed by atoms with Crippen LogP contribution in [0.15, 0.2) is 42.7 Å². The molecule has 0 spiro atoms. The van der Waals surface area contributed by atoms with Crippen molar-refractivity contribution in [2.75, 3.05) is 6.54 Å². The molecule has 0 aliphatic heterocycles. The maximum absolute atomic E-state index is 13.0. The summed E-state index contributed by atoms with van der Waals surface area (Å²) in [5, 5.41) is 0. The summed E-state index contributed by atoms with van der Waals surface area (Å²) in [6.07, 6.45) is 4.74. The smallest absolute Gasteiger partial charge is 0.125 e. The molecule has 1 aromatic heterocycles. The zero-order chi connectivity index (χ0) is 10.7. The molecule has 0 unspecified atom stereocenters. The van der Waals surface area contributed by atoms with Crippen molar-refractivity contribution in [2.24, 2.45) is 5.73 Å². The molecule has 1 aromatic carbocycles. The van der Waals surface area contributed by atoms with Crippen molar-refractivity contribution in [3.63, 3.8) is 0 Å². The number of halogens is 1. The van der Waals surface area contributed by atoms with Gasteiger partial charge in [-0.15, -0.1) is 0 Å². The molecule has 0 fully saturated rings. The van der Waals surface area contributed by atoms with E-state index in [0.717, 1.165) is 12.1 Å². The molecule has 0 saturated heterocycles. The number of rotatable bonds is 3. The van der Waals surface area contributed by atoms with Crippen molar-refractivity contribution in [3.05, 3.63) is 54.1 Å². The van der Waals surface area contributed by atoms with Gasteiger partial charge in [-0.2, -0.15) is 0 Å². The van der Waals surface area contributed by atoms with Gasteiger partial charge in [-0.05, 0) is 42.8 Å². The van der Waals surface area contributed by atoms with E-state index in [2.05, 4.69) is 0 Å². The van der Waals surface area contributed by atoms with Gasteiger partial charge in [0.25, 0.3) is 0 Å². The van der Waals surface area contributed by atoms with Crippen LogP contribution in [0.2, 0.25) is 0 Å². The summed E-state index contributed by atoms with van der Waals surface area (Å²) in [6.45, 7) is 0.632. The third-order valence-corrected chi connectivity index (χ3v) is 2.29. The summed E-state index contributed by atoms with van der Waals surface area (Å²) < 4.78 is 14.9. The molecule has 0 bridgehead atoms. The molecule has 1 heterocycles. The summed E-state index contributed by atoms with van der Waals surface area (Å²) in [4.78, 5) is 0. The Morgan fingerprint density at radius 1 is 1.27 bits per heavy atom. The van der Waals surface area contributed by atoms with E-state index < -0.39 is 0 Å². The van der Waals surface area contributed by atoms with Gasteiger partial charge < -0.3 is 10.3 Å². The third-order valence-electron chi connectivity index (χ3n) is 2.29. The quantitative estimate of drug-likeness (QED) is 0.815. The van der Waals surface area contributed by atoms with Gasteiger partial charge in [0.1, 0.15) is 5.82 Å². The fraction of sp³-hybridized carbons (Fsp3) is 0.167. The van der Waals surface area contributed by atoms with E-state index >= 15 is 0 Å². The Hall–Kier alpha value is -1.61. The first-order valence-electron chi connectivity index (χ1n) is 4.92. The highest BCUT2D eigenvalue weighted by atomic mass is 19.1. The molecular formula is C12H13FN2. The zero-order valence-electron chi connectivity index (χ0n) is 8.36. The molecule has 0 radical (unpaired) electrons. The Balaban J connectivity index is 2.29. The van der Waals surface area contributed by atoms with Gasteiger partial charge in [0.2, 0.25) is 0 Å². The van der Waals surface area contributed by atoms with Crippen LogP contribution in [0, 0.1) is 5.82 Å². The van der Waals surface area contributed by atoms with Crippen LogP contribution < -0.4 is 5.73 Å². The molecule has 2 aromatic rings. The Morgan fingerprint density at radius 2 is 2.13 bits per heavy atom. The molecule has 0 atom stereocenters. The highest BCUT2D eigenvalue weighted by Crippen LogP contribution is 2.12. The maximum atomic E-state index is 13.0. The number of nitrogens with two attached hydrogens (primary N) is 1. The lowest BCUT2D eigenvalue weighted by Crippen LogP contribution is -2.01. The van der Waals surface area contributed by atoms with Gasteiger partial charge in [0, 0.05) is 18.1 Å². The Morgan fingerprint density at radius 3 is 2.87 bits per heavy atom. The van der Waals surface area contributed by atoms with Crippen LogP contribution in [0.5, 0.6) is 0 Å². The summed E-state index contributed by atoms with van der Waals surface area (Å²) in [5.41, 5.74) is 7.46. The SMILES string of the molecule is NCCc1ccn(-c2cccc(F)c2)c1. The van der Waals surface area contributed by atoms with Crippen molar-refractivity contribution in [3.8, 4) is 5.69 Å². The Kier molecular flexibility index (Phi) is 2.83. The number of hydrogen-bond donors (Lipinski definition) is 1. The number of aromatic nitrogens is 1. The number of hydrogen-bond acceptors (Lipinski definition) is 1. The molecule has 78 valence electrons. The van der Waals surface area contributed by atoms with E-state index in [-0.39, 0.29) is 5.82 Å². The minimum absolute atomic E-state index is 0.221. The molecule has 0 saturated carbocycles. The van der Waals surface area contributed by atoms with Gasteiger partial charge in [0.15, 0.2) is 0 Å². The second kappa shape index (κ2) is 4.28. The second-order valence-corrected chi connectivity index (χ2v) is 3.45. The van der Waals surface area contributed by atoms with E-state index in [4.69, 9.17) is 5.73 Å². The minimum atomic E-state index is -0.221. The largest absolute Gasteiger partial charge is 0.330 e. The fourth-order valence-corrected chi connectivity index (χ4v) is 1.55. The molecule has 0 aliphatic rings. The molecule has 2 nitrogen and oxygen atoms in total. The predicted octanol–water partition coefficient (Wildman–Crippen LogP) is 2.12. The summed E-state index contributed by atoms with van der Waals surface area (Å²) in [6, 6.07) is 8.51. The molecular weight excluding hydrogens is 191 g/mol. The highest BCUT2D eigenvalue weighted by molar-refractivity contribution is 5.34. The molecule has 2 rings (SSSR count). The first kappa shape index (κ1) is 9.93. The van der Waals surface area contributed by atoms with E-state index in [9.17, 15) is 4.39 Å². The van der Waals surface area contributed by atoms with Crippen LogP contribution in [0.1, 0.15) is 5.56 Å².